The summed E-state index contributed by atoms with van der Waals surface area (Å²) < 4.78 is 28.9. The van der Waals surface area contributed by atoms with Gasteiger partial charge in [0, 0.05) is 10.3 Å². The molecule has 0 saturated carbocycles. The van der Waals surface area contributed by atoms with Crippen LogP contribution in [0, 0.1) is 18.6 Å². The van der Waals surface area contributed by atoms with Crippen LogP contribution in [-0.4, -0.2) is 0 Å². The lowest BCUT2D eigenvalue weighted by atomic mass is 10.0. The summed E-state index contributed by atoms with van der Waals surface area (Å²) in [4.78, 5) is -0.353. The highest BCUT2D eigenvalue weighted by molar-refractivity contribution is 9.09. The van der Waals surface area contributed by atoms with Gasteiger partial charge in [-0.05, 0) is 47.0 Å². The maximum atomic E-state index is 14.1. The Kier molecular flexibility index (Phi) is 3.61. The predicted molar refractivity (Wildman–Crippen MR) is 83.7 cm³/mol. The molecule has 1 aromatic heterocycles. The number of thiophene rings is 1. The Balaban J connectivity index is 2.13. The van der Waals surface area contributed by atoms with E-state index in [4.69, 9.17) is 0 Å². The van der Waals surface area contributed by atoms with Crippen molar-refractivity contribution in [3.63, 3.8) is 0 Å². The van der Waals surface area contributed by atoms with Crippen molar-refractivity contribution in [2.24, 2.45) is 0 Å². The summed E-state index contributed by atoms with van der Waals surface area (Å²) >= 11 is 5.11. The Morgan fingerprint density at radius 2 is 1.80 bits per heavy atom. The molecule has 4 heteroatoms. The van der Waals surface area contributed by atoms with Crippen LogP contribution in [-0.2, 0) is 0 Å². The summed E-state index contributed by atoms with van der Waals surface area (Å²) in [6, 6.07) is 10.5. The zero-order valence-electron chi connectivity index (χ0n) is 10.7. The molecule has 1 heterocycles. The molecule has 102 valence electrons. The molecule has 1 atom stereocenters. The quantitative estimate of drug-likeness (QED) is 0.498. The number of rotatable bonds is 2. The lowest BCUT2D eigenvalue weighted by molar-refractivity contribution is 0.581. The molecular weight excluding hydrogens is 342 g/mol. The first-order valence-electron chi connectivity index (χ1n) is 6.13. The average molecular weight is 353 g/mol. The molecule has 0 bridgehead atoms. The molecule has 3 aromatic rings. The Hall–Kier alpha value is -1.26. The van der Waals surface area contributed by atoms with Gasteiger partial charge in [-0.1, -0.05) is 34.1 Å². The second-order valence-electron chi connectivity index (χ2n) is 4.67. The average Bonchev–Trinajstić information content (AvgIpc) is 2.86. The van der Waals surface area contributed by atoms with Gasteiger partial charge in [-0.25, -0.2) is 8.78 Å². The van der Waals surface area contributed by atoms with Crippen LogP contribution in [0.5, 0.6) is 0 Å². The van der Waals surface area contributed by atoms with Gasteiger partial charge >= 0.3 is 0 Å². The molecule has 0 spiro atoms. The van der Waals surface area contributed by atoms with Gasteiger partial charge in [-0.15, -0.1) is 11.3 Å². The molecule has 0 radical (unpaired) electrons. The van der Waals surface area contributed by atoms with Crippen molar-refractivity contribution in [3.8, 4) is 0 Å². The number of alkyl halides is 1. The van der Waals surface area contributed by atoms with Crippen LogP contribution < -0.4 is 0 Å². The predicted octanol–water partition coefficient (Wildman–Crippen LogP) is 5.97. The van der Waals surface area contributed by atoms with Crippen molar-refractivity contribution in [1.29, 1.82) is 0 Å². The Morgan fingerprint density at radius 1 is 1.05 bits per heavy atom. The van der Waals surface area contributed by atoms with Crippen LogP contribution in [0.15, 0.2) is 41.8 Å². The van der Waals surface area contributed by atoms with Crippen LogP contribution >= 0.6 is 27.3 Å². The molecule has 0 fully saturated rings. The van der Waals surface area contributed by atoms with Gasteiger partial charge in [0.2, 0.25) is 0 Å². The van der Waals surface area contributed by atoms with Crippen LogP contribution in [0.2, 0.25) is 0 Å². The second kappa shape index (κ2) is 5.26. The fourth-order valence-corrected chi connectivity index (χ4v) is 4.11. The molecule has 20 heavy (non-hydrogen) atoms. The minimum Gasteiger partial charge on any atom is -0.207 e. The Labute approximate surface area is 128 Å². The van der Waals surface area contributed by atoms with E-state index < -0.39 is 0 Å². The summed E-state index contributed by atoms with van der Waals surface area (Å²) in [6.07, 6.45) is 0. The Bertz CT molecular complexity index is 779. The van der Waals surface area contributed by atoms with Gasteiger partial charge in [0.05, 0.1) is 4.83 Å². The topological polar surface area (TPSA) is 0 Å². The van der Waals surface area contributed by atoms with Gasteiger partial charge in [0.25, 0.3) is 0 Å². The highest BCUT2D eigenvalue weighted by atomic mass is 79.9. The van der Waals surface area contributed by atoms with E-state index in [0.717, 1.165) is 15.6 Å². The summed E-state index contributed by atoms with van der Waals surface area (Å²) in [5, 5.41) is 3.06. The third kappa shape index (κ3) is 2.27. The summed E-state index contributed by atoms with van der Waals surface area (Å²) in [5.74, 6) is -0.772. The summed E-state index contributed by atoms with van der Waals surface area (Å²) in [6.45, 7) is 1.56. The van der Waals surface area contributed by atoms with E-state index in [0.29, 0.717) is 11.1 Å². The molecule has 3 rings (SSSR count). The number of aryl methyl sites for hydroxylation is 1. The number of hydrogen-bond donors (Lipinski definition) is 0. The summed E-state index contributed by atoms with van der Waals surface area (Å²) in [7, 11) is 0. The fourth-order valence-electron chi connectivity index (χ4n) is 2.22. The lowest BCUT2D eigenvalue weighted by Crippen LogP contribution is -1.98. The third-order valence-corrected chi connectivity index (χ3v) is 5.30. The SMILES string of the molecule is Cc1cc(F)c(C(Br)c2csc3ccccc23)cc1F. The van der Waals surface area contributed by atoms with Crippen LogP contribution in [0.1, 0.15) is 21.5 Å². The first-order chi connectivity index (χ1) is 9.58. The molecule has 1 unspecified atom stereocenters. The normalized spacial score (nSPS) is 12.8. The van der Waals surface area contributed by atoms with Crippen LogP contribution in [0.25, 0.3) is 10.1 Å². The van der Waals surface area contributed by atoms with Crippen molar-refractivity contribution in [2.75, 3.05) is 0 Å². The molecule has 0 N–H and O–H groups in total. The van der Waals surface area contributed by atoms with Crippen LogP contribution in [0.4, 0.5) is 8.78 Å². The second-order valence-corrected chi connectivity index (χ2v) is 6.50. The molecule has 0 nitrogen and oxygen atoms in total. The van der Waals surface area contributed by atoms with Gasteiger partial charge in [0.1, 0.15) is 11.6 Å². The van der Waals surface area contributed by atoms with Gasteiger partial charge in [-0.2, -0.15) is 0 Å². The summed E-state index contributed by atoms with van der Waals surface area (Å²) in [5.41, 5.74) is 1.62. The molecule has 0 aliphatic rings. The van der Waals surface area contributed by atoms with Crippen molar-refractivity contribution in [1.82, 2.24) is 0 Å². The van der Waals surface area contributed by atoms with Gasteiger partial charge < -0.3 is 0 Å². The number of hydrogen-bond acceptors (Lipinski definition) is 1. The van der Waals surface area contributed by atoms with E-state index in [1.807, 2.05) is 29.6 Å². The third-order valence-electron chi connectivity index (χ3n) is 3.33. The molecular formula is C16H11BrF2S. The molecule has 0 amide bonds. The minimum atomic E-state index is -0.388. The van der Waals surface area contributed by atoms with Crippen molar-refractivity contribution in [2.45, 2.75) is 11.8 Å². The Morgan fingerprint density at radius 3 is 2.60 bits per heavy atom. The molecule has 0 saturated heterocycles. The zero-order chi connectivity index (χ0) is 14.3. The zero-order valence-corrected chi connectivity index (χ0v) is 13.1. The van der Waals surface area contributed by atoms with Crippen molar-refractivity contribution >= 4 is 37.4 Å². The van der Waals surface area contributed by atoms with E-state index >= 15 is 0 Å². The smallest absolute Gasteiger partial charge is 0.128 e. The van der Waals surface area contributed by atoms with E-state index in [2.05, 4.69) is 15.9 Å². The van der Waals surface area contributed by atoms with E-state index in [1.165, 1.54) is 12.1 Å². The highest BCUT2D eigenvalue weighted by Crippen LogP contribution is 2.39. The van der Waals surface area contributed by atoms with E-state index in [9.17, 15) is 8.78 Å². The minimum absolute atomic E-state index is 0.320. The first kappa shape index (κ1) is 13.7. The van der Waals surface area contributed by atoms with E-state index in [-0.39, 0.29) is 16.5 Å². The molecule has 2 aromatic carbocycles. The maximum absolute atomic E-state index is 14.1. The van der Waals surface area contributed by atoms with Crippen molar-refractivity contribution in [3.05, 3.63) is 70.1 Å². The lowest BCUT2D eigenvalue weighted by Gasteiger charge is -2.12. The van der Waals surface area contributed by atoms with Gasteiger partial charge in [0.15, 0.2) is 0 Å². The number of benzene rings is 2. The highest BCUT2D eigenvalue weighted by Gasteiger charge is 2.19. The fraction of sp³-hybridized carbons (Fsp3) is 0.125. The maximum Gasteiger partial charge on any atom is 0.128 e. The van der Waals surface area contributed by atoms with Gasteiger partial charge in [-0.3, -0.25) is 0 Å². The molecule has 0 aliphatic carbocycles. The number of halogens is 3. The number of fused-ring (bicyclic) bond motifs is 1. The molecule has 0 aliphatic heterocycles. The van der Waals surface area contributed by atoms with E-state index in [1.54, 1.807) is 18.3 Å². The van der Waals surface area contributed by atoms with Crippen molar-refractivity contribution < 1.29 is 8.78 Å². The largest absolute Gasteiger partial charge is 0.207 e. The standard InChI is InChI=1S/C16H11BrF2S/c1-9-6-14(19)11(7-13(9)18)16(17)12-8-20-15-5-3-2-4-10(12)15/h2-8,16H,1H3. The monoisotopic (exact) mass is 352 g/mol. The first-order valence-corrected chi connectivity index (χ1v) is 7.93. The van der Waals surface area contributed by atoms with Crippen LogP contribution in [0.3, 0.4) is 0 Å².